The molecule has 1 fully saturated rings. The van der Waals surface area contributed by atoms with Gasteiger partial charge in [0, 0.05) is 23.7 Å². The Morgan fingerprint density at radius 2 is 2.10 bits per heavy atom. The highest BCUT2D eigenvalue weighted by Crippen LogP contribution is 2.29. The molecule has 6 heteroatoms. The monoisotopic (exact) mass is 293 g/mol. The summed E-state index contributed by atoms with van der Waals surface area (Å²) in [5, 5.41) is 9.52. The first-order valence-electron chi connectivity index (χ1n) is 6.23. The van der Waals surface area contributed by atoms with Gasteiger partial charge >= 0.3 is 5.97 Å². The van der Waals surface area contributed by atoms with Crippen LogP contribution in [-0.2, 0) is 4.79 Å². The summed E-state index contributed by atoms with van der Waals surface area (Å²) < 4.78 is 13.9. The van der Waals surface area contributed by atoms with Crippen molar-refractivity contribution in [3.05, 3.63) is 35.0 Å². The van der Waals surface area contributed by atoms with Crippen LogP contribution in [0.5, 0.6) is 0 Å². The Kier molecular flexibility index (Phi) is 3.17. The van der Waals surface area contributed by atoms with E-state index in [1.165, 1.54) is 23.5 Å². The second-order valence-electron chi connectivity index (χ2n) is 4.97. The van der Waals surface area contributed by atoms with Gasteiger partial charge in [0.1, 0.15) is 5.82 Å². The summed E-state index contributed by atoms with van der Waals surface area (Å²) >= 11 is 1.26. The number of carboxylic acid groups (broad SMARTS) is 1. The fourth-order valence-electron chi connectivity index (χ4n) is 2.38. The van der Waals surface area contributed by atoms with E-state index < -0.39 is 5.97 Å². The molecule has 0 saturated carbocycles. The van der Waals surface area contributed by atoms with Gasteiger partial charge in [0.2, 0.25) is 0 Å². The number of amides is 1. The van der Waals surface area contributed by atoms with E-state index in [-0.39, 0.29) is 24.1 Å². The number of halogens is 1. The molecule has 0 aliphatic carbocycles. The Labute approximate surface area is 118 Å². The normalized spacial score (nSPS) is 15.3. The van der Waals surface area contributed by atoms with Crippen LogP contribution in [0.25, 0.3) is 10.1 Å². The van der Waals surface area contributed by atoms with E-state index in [2.05, 4.69) is 0 Å². The molecule has 1 aliphatic rings. The highest BCUT2D eigenvalue weighted by atomic mass is 32.1. The number of nitrogens with zero attached hydrogens (tertiary/aromatic N) is 1. The van der Waals surface area contributed by atoms with Crippen LogP contribution in [0.3, 0.4) is 0 Å². The van der Waals surface area contributed by atoms with Gasteiger partial charge in [-0.25, -0.2) is 4.39 Å². The molecule has 1 N–H and O–H groups in total. The smallest absolute Gasteiger partial charge is 0.303 e. The quantitative estimate of drug-likeness (QED) is 0.946. The molecule has 0 bridgehead atoms. The predicted octanol–water partition coefficient (Wildman–Crippen LogP) is 2.59. The van der Waals surface area contributed by atoms with Crippen LogP contribution < -0.4 is 0 Å². The second-order valence-corrected chi connectivity index (χ2v) is 6.05. The van der Waals surface area contributed by atoms with Crippen molar-refractivity contribution in [1.29, 1.82) is 0 Å². The summed E-state index contributed by atoms with van der Waals surface area (Å²) in [5.41, 5.74) is 0. The van der Waals surface area contributed by atoms with Gasteiger partial charge in [-0.2, -0.15) is 0 Å². The van der Waals surface area contributed by atoms with Crippen molar-refractivity contribution in [1.82, 2.24) is 4.90 Å². The van der Waals surface area contributed by atoms with Crippen molar-refractivity contribution in [2.45, 2.75) is 6.42 Å². The molecule has 2 aromatic rings. The number of hydrogen-bond donors (Lipinski definition) is 1. The minimum atomic E-state index is -0.834. The molecule has 1 saturated heterocycles. The standard InChI is InChI=1S/C14H12FNO3S/c15-10-2-1-9-4-12(20-11(9)5-10)14(19)16-6-8(7-16)3-13(17)18/h1-2,4-5,8H,3,6-7H2,(H,17,18). The molecule has 0 spiro atoms. The first-order chi connectivity index (χ1) is 9.52. The van der Waals surface area contributed by atoms with Gasteiger partial charge in [-0.3, -0.25) is 9.59 Å². The molecule has 3 rings (SSSR count). The molecule has 0 unspecified atom stereocenters. The van der Waals surface area contributed by atoms with Crippen LogP contribution in [0.4, 0.5) is 4.39 Å². The number of rotatable bonds is 3. The fraction of sp³-hybridized carbons (Fsp3) is 0.286. The lowest BCUT2D eigenvalue weighted by Gasteiger charge is -2.38. The maximum atomic E-state index is 13.1. The van der Waals surface area contributed by atoms with E-state index in [9.17, 15) is 14.0 Å². The minimum absolute atomic E-state index is 0.0447. The van der Waals surface area contributed by atoms with Crippen LogP contribution in [0.2, 0.25) is 0 Å². The zero-order valence-electron chi connectivity index (χ0n) is 10.5. The number of carbonyl (C=O) groups is 2. The molecule has 0 atom stereocenters. The fourth-order valence-corrected chi connectivity index (χ4v) is 3.43. The van der Waals surface area contributed by atoms with Crippen molar-refractivity contribution >= 4 is 33.3 Å². The van der Waals surface area contributed by atoms with E-state index in [1.807, 2.05) is 0 Å². The Hall–Kier alpha value is -1.95. The van der Waals surface area contributed by atoms with E-state index in [0.29, 0.717) is 18.0 Å². The first kappa shape index (κ1) is 13.1. The van der Waals surface area contributed by atoms with Crippen molar-refractivity contribution in [3.63, 3.8) is 0 Å². The molecule has 1 amide bonds. The SMILES string of the molecule is O=C(O)CC1CN(C(=O)c2cc3ccc(F)cc3s2)C1. The van der Waals surface area contributed by atoms with E-state index in [1.54, 1.807) is 17.0 Å². The van der Waals surface area contributed by atoms with Gasteiger partial charge in [-0.1, -0.05) is 6.07 Å². The third kappa shape index (κ3) is 2.38. The number of likely N-dealkylation sites (tertiary alicyclic amines) is 1. The largest absolute Gasteiger partial charge is 0.481 e. The Bertz CT molecular complexity index is 691. The number of carboxylic acids is 1. The maximum absolute atomic E-state index is 13.1. The Morgan fingerprint density at radius 3 is 2.80 bits per heavy atom. The van der Waals surface area contributed by atoms with Crippen molar-refractivity contribution in [2.75, 3.05) is 13.1 Å². The summed E-state index contributed by atoms with van der Waals surface area (Å²) in [6.07, 6.45) is 0.0986. The van der Waals surface area contributed by atoms with Crippen LogP contribution in [0, 0.1) is 11.7 Å². The maximum Gasteiger partial charge on any atom is 0.303 e. The summed E-state index contributed by atoms with van der Waals surface area (Å²) in [4.78, 5) is 25.0. The summed E-state index contributed by atoms with van der Waals surface area (Å²) in [6, 6.07) is 6.20. The van der Waals surface area contributed by atoms with Gasteiger partial charge in [-0.15, -0.1) is 11.3 Å². The molecule has 1 aromatic heterocycles. The Balaban J connectivity index is 1.72. The molecular formula is C14H12FNO3S. The van der Waals surface area contributed by atoms with Crippen LogP contribution >= 0.6 is 11.3 Å². The lowest BCUT2D eigenvalue weighted by atomic mass is 9.96. The third-order valence-corrected chi connectivity index (χ3v) is 4.49. The van der Waals surface area contributed by atoms with Crippen molar-refractivity contribution in [3.8, 4) is 0 Å². The molecule has 4 nitrogen and oxygen atoms in total. The second kappa shape index (κ2) is 4.86. The van der Waals surface area contributed by atoms with Gasteiger partial charge < -0.3 is 10.0 Å². The predicted molar refractivity (Wildman–Crippen MR) is 73.4 cm³/mol. The van der Waals surface area contributed by atoms with Crippen molar-refractivity contribution in [2.24, 2.45) is 5.92 Å². The first-order valence-corrected chi connectivity index (χ1v) is 7.05. The van der Waals surface area contributed by atoms with Gasteiger partial charge in [0.25, 0.3) is 5.91 Å². The molecule has 104 valence electrons. The van der Waals surface area contributed by atoms with E-state index in [4.69, 9.17) is 5.11 Å². The highest BCUT2D eigenvalue weighted by Gasteiger charge is 2.33. The van der Waals surface area contributed by atoms with Crippen LogP contribution in [0.15, 0.2) is 24.3 Å². The lowest BCUT2D eigenvalue weighted by molar-refractivity contribution is -0.139. The molecular weight excluding hydrogens is 281 g/mol. The summed E-state index contributed by atoms with van der Waals surface area (Å²) in [5.74, 6) is -1.21. The number of aliphatic carboxylic acids is 1. The zero-order chi connectivity index (χ0) is 14.3. The average molecular weight is 293 g/mol. The Morgan fingerprint density at radius 1 is 1.35 bits per heavy atom. The van der Waals surface area contributed by atoms with E-state index in [0.717, 1.165) is 10.1 Å². The highest BCUT2D eigenvalue weighted by molar-refractivity contribution is 7.20. The van der Waals surface area contributed by atoms with Gasteiger partial charge in [0.05, 0.1) is 11.3 Å². The van der Waals surface area contributed by atoms with Gasteiger partial charge in [-0.05, 0) is 23.6 Å². The van der Waals surface area contributed by atoms with Crippen molar-refractivity contribution < 1.29 is 19.1 Å². The molecule has 1 aromatic carbocycles. The summed E-state index contributed by atoms with van der Waals surface area (Å²) in [7, 11) is 0. The van der Waals surface area contributed by atoms with E-state index >= 15 is 0 Å². The molecule has 0 radical (unpaired) electrons. The summed E-state index contributed by atoms with van der Waals surface area (Å²) in [6.45, 7) is 0.960. The third-order valence-electron chi connectivity index (χ3n) is 3.40. The van der Waals surface area contributed by atoms with Crippen LogP contribution in [0.1, 0.15) is 16.1 Å². The lowest BCUT2D eigenvalue weighted by Crippen LogP contribution is -2.50. The number of hydrogen-bond acceptors (Lipinski definition) is 3. The number of thiophene rings is 1. The topological polar surface area (TPSA) is 57.6 Å². The van der Waals surface area contributed by atoms with Crippen LogP contribution in [-0.4, -0.2) is 35.0 Å². The molecule has 20 heavy (non-hydrogen) atoms. The molecule has 2 heterocycles. The number of fused-ring (bicyclic) bond motifs is 1. The number of carbonyl (C=O) groups excluding carboxylic acids is 1. The minimum Gasteiger partial charge on any atom is -0.481 e. The zero-order valence-corrected chi connectivity index (χ0v) is 11.3. The van der Waals surface area contributed by atoms with Gasteiger partial charge in [0.15, 0.2) is 0 Å². The molecule has 1 aliphatic heterocycles. The average Bonchev–Trinajstić information content (AvgIpc) is 2.75. The number of benzene rings is 1.